The summed E-state index contributed by atoms with van der Waals surface area (Å²) in [6.07, 6.45) is -4.85. The molecule has 138 valence electrons. The molecule has 9 heteroatoms. The summed E-state index contributed by atoms with van der Waals surface area (Å²) in [6, 6.07) is 6.50. The highest BCUT2D eigenvalue weighted by Crippen LogP contribution is 2.43. The van der Waals surface area contributed by atoms with Crippen molar-refractivity contribution in [1.29, 1.82) is 0 Å². The van der Waals surface area contributed by atoms with Crippen LogP contribution in [0.3, 0.4) is 0 Å². The minimum atomic E-state index is -4.55. The van der Waals surface area contributed by atoms with Crippen molar-refractivity contribution in [2.75, 3.05) is 11.9 Å². The van der Waals surface area contributed by atoms with Crippen molar-refractivity contribution in [3.8, 4) is 17.2 Å². The number of rotatable bonds is 2. The fraction of sp³-hybridized carbons (Fsp3) is 0.235. The zero-order chi connectivity index (χ0) is 19.2. The van der Waals surface area contributed by atoms with Crippen molar-refractivity contribution in [2.24, 2.45) is 0 Å². The number of halogens is 5. The number of ether oxygens (including phenoxy) is 2. The Hall–Kier alpha value is -1.70. The van der Waals surface area contributed by atoms with Crippen LogP contribution >= 0.6 is 35.4 Å². The van der Waals surface area contributed by atoms with E-state index in [9.17, 15) is 13.2 Å². The van der Waals surface area contributed by atoms with E-state index in [-0.39, 0.29) is 21.9 Å². The maximum atomic E-state index is 12.8. The highest BCUT2D eigenvalue weighted by molar-refractivity contribution is 7.80. The van der Waals surface area contributed by atoms with Gasteiger partial charge in [0.2, 0.25) is 0 Å². The van der Waals surface area contributed by atoms with Crippen LogP contribution < -0.4 is 14.4 Å². The van der Waals surface area contributed by atoms with E-state index in [0.29, 0.717) is 16.5 Å². The molecule has 0 fully saturated rings. The fourth-order valence-corrected chi connectivity index (χ4v) is 3.21. The Balaban J connectivity index is 1.94. The molecule has 3 rings (SSSR count). The molecule has 2 aromatic carbocycles. The van der Waals surface area contributed by atoms with Gasteiger partial charge in [0.05, 0.1) is 21.3 Å². The first-order chi connectivity index (χ1) is 12.1. The summed E-state index contributed by atoms with van der Waals surface area (Å²) < 4.78 is 49.8. The Morgan fingerprint density at radius 1 is 1.15 bits per heavy atom. The van der Waals surface area contributed by atoms with Crippen molar-refractivity contribution in [2.45, 2.75) is 19.2 Å². The van der Waals surface area contributed by atoms with Gasteiger partial charge in [-0.3, -0.25) is 0 Å². The van der Waals surface area contributed by atoms with E-state index in [1.165, 1.54) is 0 Å². The van der Waals surface area contributed by atoms with Crippen molar-refractivity contribution < 1.29 is 22.6 Å². The summed E-state index contributed by atoms with van der Waals surface area (Å²) in [7, 11) is 1.82. The molecule has 0 bridgehead atoms. The molecule has 1 unspecified atom stereocenters. The minimum absolute atomic E-state index is 0.0611. The Morgan fingerprint density at radius 3 is 2.35 bits per heavy atom. The van der Waals surface area contributed by atoms with Crippen LogP contribution in [0, 0.1) is 0 Å². The van der Waals surface area contributed by atoms with E-state index < -0.39 is 11.7 Å². The van der Waals surface area contributed by atoms with Crippen LogP contribution in [0.4, 0.5) is 18.9 Å². The summed E-state index contributed by atoms with van der Waals surface area (Å²) in [4.78, 5) is 2.46. The average molecular weight is 422 g/mol. The van der Waals surface area contributed by atoms with Crippen molar-refractivity contribution in [1.82, 2.24) is 0 Å². The molecule has 1 atom stereocenters. The number of hydrogen-bond donors (Lipinski definition) is 0. The largest absolute Gasteiger partial charge is 0.481 e. The molecule has 1 aliphatic rings. The number of alkyl halides is 3. The van der Waals surface area contributed by atoms with Gasteiger partial charge >= 0.3 is 6.18 Å². The van der Waals surface area contributed by atoms with E-state index in [1.54, 1.807) is 18.2 Å². The average Bonchev–Trinajstić information content (AvgIpc) is 2.55. The number of fused-ring (bicyclic) bond motifs is 1. The summed E-state index contributed by atoms with van der Waals surface area (Å²) in [6.45, 7) is 1.82. The van der Waals surface area contributed by atoms with Crippen molar-refractivity contribution in [3.05, 3.63) is 45.9 Å². The lowest BCUT2D eigenvalue weighted by atomic mass is 10.2. The van der Waals surface area contributed by atoms with Crippen LogP contribution in [0.1, 0.15) is 12.5 Å². The number of benzene rings is 2. The van der Waals surface area contributed by atoms with Gasteiger partial charge in [-0.1, -0.05) is 35.4 Å². The third kappa shape index (κ3) is 3.56. The Kier molecular flexibility index (Phi) is 4.98. The summed E-state index contributed by atoms with van der Waals surface area (Å²) >= 11 is 17.2. The van der Waals surface area contributed by atoms with Crippen LogP contribution in [-0.2, 0) is 6.18 Å². The molecule has 0 aliphatic carbocycles. The van der Waals surface area contributed by atoms with Gasteiger partial charge in [-0.05, 0) is 31.2 Å². The van der Waals surface area contributed by atoms with Gasteiger partial charge in [-0.15, -0.1) is 0 Å². The number of likely N-dealkylation sites (N-methyl/N-ethyl adjacent to an activating group) is 1. The third-order valence-electron chi connectivity index (χ3n) is 3.82. The second-order valence-corrected chi connectivity index (χ2v) is 6.89. The standard InChI is InChI=1S/C17H12Cl2F3NO2S/c1-8-16(26)23(2)13-4-3-10(7-14(13)24-8)25-15-11(18)5-9(6-12(15)19)17(20,21)22/h3-8H,1-2H3. The quantitative estimate of drug-likeness (QED) is 0.526. The molecule has 0 radical (unpaired) electrons. The maximum Gasteiger partial charge on any atom is 0.416 e. The van der Waals surface area contributed by atoms with Crippen molar-refractivity contribution >= 4 is 46.1 Å². The fourth-order valence-electron chi connectivity index (χ4n) is 2.50. The lowest BCUT2D eigenvalue weighted by Crippen LogP contribution is -2.40. The van der Waals surface area contributed by atoms with Gasteiger partial charge in [0.25, 0.3) is 0 Å². The molecule has 26 heavy (non-hydrogen) atoms. The molecule has 2 aromatic rings. The molecule has 0 saturated heterocycles. The van der Waals surface area contributed by atoms with Crippen LogP contribution in [0.5, 0.6) is 17.2 Å². The van der Waals surface area contributed by atoms with Gasteiger partial charge < -0.3 is 14.4 Å². The maximum absolute atomic E-state index is 12.8. The lowest BCUT2D eigenvalue weighted by Gasteiger charge is -2.32. The topological polar surface area (TPSA) is 21.7 Å². The van der Waals surface area contributed by atoms with Gasteiger partial charge in [0, 0.05) is 13.1 Å². The number of hydrogen-bond acceptors (Lipinski definition) is 3. The first-order valence-electron chi connectivity index (χ1n) is 7.40. The highest BCUT2D eigenvalue weighted by atomic mass is 35.5. The van der Waals surface area contributed by atoms with Gasteiger partial charge in [-0.2, -0.15) is 13.2 Å². The second-order valence-electron chi connectivity index (χ2n) is 5.66. The third-order valence-corrected chi connectivity index (χ3v) is 4.99. The molecular formula is C17H12Cl2F3NO2S. The molecular weight excluding hydrogens is 410 g/mol. The first kappa shape index (κ1) is 19.1. The van der Waals surface area contributed by atoms with E-state index >= 15 is 0 Å². The van der Waals surface area contributed by atoms with Crippen LogP contribution in [0.25, 0.3) is 0 Å². The SMILES string of the molecule is CC1Oc2cc(Oc3c(Cl)cc(C(F)(F)F)cc3Cl)ccc2N(C)C1=S. The number of thiocarbonyl (C=S) groups is 1. The van der Waals surface area contributed by atoms with E-state index in [0.717, 1.165) is 17.8 Å². The highest BCUT2D eigenvalue weighted by Gasteiger charge is 2.32. The molecule has 3 nitrogen and oxygen atoms in total. The zero-order valence-corrected chi connectivity index (χ0v) is 15.9. The van der Waals surface area contributed by atoms with Gasteiger partial charge in [0.15, 0.2) is 5.75 Å². The van der Waals surface area contributed by atoms with E-state index in [4.69, 9.17) is 44.9 Å². The molecule has 0 N–H and O–H groups in total. The zero-order valence-electron chi connectivity index (χ0n) is 13.5. The summed E-state index contributed by atoms with van der Waals surface area (Å²) in [5, 5.41) is -0.481. The van der Waals surface area contributed by atoms with Crippen LogP contribution in [0.2, 0.25) is 10.0 Å². The smallest absolute Gasteiger partial charge is 0.416 e. The molecule has 1 aliphatic heterocycles. The minimum Gasteiger partial charge on any atom is -0.481 e. The van der Waals surface area contributed by atoms with E-state index in [2.05, 4.69) is 0 Å². The number of anilines is 1. The summed E-state index contributed by atoms with van der Waals surface area (Å²) in [5.74, 6) is 0.792. The number of nitrogens with zero attached hydrogens (tertiary/aromatic N) is 1. The lowest BCUT2D eigenvalue weighted by molar-refractivity contribution is -0.137. The Bertz CT molecular complexity index is 866. The first-order valence-corrected chi connectivity index (χ1v) is 8.56. The molecule has 0 aromatic heterocycles. The molecule has 0 spiro atoms. The van der Waals surface area contributed by atoms with Gasteiger partial charge in [-0.25, -0.2) is 0 Å². The van der Waals surface area contributed by atoms with Crippen LogP contribution in [0.15, 0.2) is 30.3 Å². The van der Waals surface area contributed by atoms with Crippen molar-refractivity contribution in [3.63, 3.8) is 0 Å². The second kappa shape index (κ2) is 6.79. The predicted molar refractivity (Wildman–Crippen MR) is 99.1 cm³/mol. The Morgan fingerprint density at radius 2 is 1.77 bits per heavy atom. The molecule has 0 amide bonds. The van der Waals surface area contributed by atoms with Crippen LogP contribution in [-0.4, -0.2) is 18.1 Å². The normalized spacial score (nSPS) is 17.0. The molecule has 0 saturated carbocycles. The molecule has 1 heterocycles. The predicted octanol–water partition coefficient (Wildman–Crippen LogP) is 6.35. The van der Waals surface area contributed by atoms with E-state index in [1.807, 2.05) is 18.9 Å². The Labute approximate surface area is 163 Å². The monoisotopic (exact) mass is 421 g/mol. The summed E-state index contributed by atoms with van der Waals surface area (Å²) in [5.41, 5.74) is -0.192. The van der Waals surface area contributed by atoms with Gasteiger partial charge in [0.1, 0.15) is 22.6 Å².